The fourth-order valence-electron chi connectivity index (χ4n) is 5.98. The maximum absolute atomic E-state index is 13.5. The van der Waals surface area contributed by atoms with Crippen molar-refractivity contribution in [3.63, 3.8) is 0 Å². The van der Waals surface area contributed by atoms with E-state index in [4.69, 9.17) is 5.26 Å². The van der Waals surface area contributed by atoms with Crippen molar-refractivity contribution in [3.05, 3.63) is 71.3 Å². The zero-order chi connectivity index (χ0) is 22.1. The van der Waals surface area contributed by atoms with Crippen molar-refractivity contribution < 1.29 is 9.90 Å². The van der Waals surface area contributed by atoms with E-state index in [1.54, 1.807) is 0 Å². The summed E-state index contributed by atoms with van der Waals surface area (Å²) in [6, 6.07) is 19.6. The summed E-state index contributed by atoms with van der Waals surface area (Å²) in [6.07, 6.45) is 5.12. The van der Waals surface area contributed by atoms with Crippen LogP contribution in [0.3, 0.4) is 0 Å². The van der Waals surface area contributed by atoms with Crippen LogP contribution in [-0.2, 0) is 16.9 Å². The van der Waals surface area contributed by atoms with Crippen LogP contribution in [0.5, 0.6) is 0 Å². The van der Waals surface area contributed by atoms with Gasteiger partial charge in [0.1, 0.15) is 0 Å². The number of rotatable bonds is 6. The zero-order valence-electron chi connectivity index (χ0n) is 18.4. The first-order valence-electron chi connectivity index (χ1n) is 11.9. The van der Waals surface area contributed by atoms with Crippen LogP contribution in [0.2, 0.25) is 0 Å². The first-order chi connectivity index (χ1) is 15.6. The summed E-state index contributed by atoms with van der Waals surface area (Å²) in [6.45, 7) is 2.72. The van der Waals surface area contributed by atoms with Crippen molar-refractivity contribution in [2.45, 2.75) is 50.3 Å². The van der Waals surface area contributed by atoms with Gasteiger partial charge in [-0.05, 0) is 47.9 Å². The molecule has 32 heavy (non-hydrogen) atoms. The third-order valence-corrected chi connectivity index (χ3v) is 7.79. The fourth-order valence-corrected chi connectivity index (χ4v) is 5.98. The molecule has 166 valence electrons. The molecule has 0 radical (unpaired) electrons. The molecule has 1 aliphatic heterocycles. The van der Waals surface area contributed by atoms with Crippen LogP contribution >= 0.6 is 0 Å². The summed E-state index contributed by atoms with van der Waals surface area (Å²) < 4.78 is 0. The Morgan fingerprint density at radius 3 is 2.47 bits per heavy atom. The predicted molar refractivity (Wildman–Crippen MR) is 122 cm³/mol. The van der Waals surface area contributed by atoms with Gasteiger partial charge in [-0.15, -0.1) is 0 Å². The maximum atomic E-state index is 13.5. The summed E-state index contributed by atoms with van der Waals surface area (Å²) in [7, 11) is 0. The second-order valence-corrected chi connectivity index (χ2v) is 9.80. The van der Waals surface area contributed by atoms with Gasteiger partial charge in [-0.3, -0.25) is 9.69 Å². The Bertz CT molecular complexity index is 999. The number of likely N-dealkylation sites (tertiary alicyclic amines) is 1. The number of carbonyl (C=O) groups excluding carboxylic acids is 1. The Morgan fingerprint density at radius 1 is 1.06 bits per heavy atom. The molecule has 0 spiro atoms. The standard InChI is InChI=1S/C27H31N3O2/c28-15-19-8-7-9-20(14-19)16-30-17-23-24(18-30)25(23)29-26(31)27(32,21-10-3-1-4-11-21)22-12-5-2-6-13-22/h1,3-4,7-11,14,22-25,32H,2,5-6,12-13,16-18H2,(H,29,31)/t23-,24?,25?,27?/m0/s1. The molecule has 2 aromatic carbocycles. The smallest absolute Gasteiger partial charge is 0.257 e. The molecule has 5 nitrogen and oxygen atoms in total. The van der Waals surface area contributed by atoms with Gasteiger partial charge in [0.05, 0.1) is 11.6 Å². The molecule has 0 bridgehead atoms. The molecule has 1 saturated heterocycles. The highest BCUT2D eigenvalue weighted by Crippen LogP contribution is 2.47. The Balaban J connectivity index is 1.23. The molecule has 1 amide bonds. The van der Waals surface area contributed by atoms with Crippen molar-refractivity contribution in [3.8, 4) is 6.07 Å². The van der Waals surface area contributed by atoms with Crippen LogP contribution in [0, 0.1) is 29.1 Å². The van der Waals surface area contributed by atoms with Gasteiger partial charge in [-0.25, -0.2) is 0 Å². The summed E-state index contributed by atoms with van der Waals surface area (Å²) in [5, 5.41) is 24.1. The molecule has 2 aliphatic carbocycles. The number of hydrogen-bond donors (Lipinski definition) is 2. The summed E-state index contributed by atoms with van der Waals surface area (Å²) >= 11 is 0. The van der Waals surface area contributed by atoms with Crippen LogP contribution in [0.15, 0.2) is 54.6 Å². The molecule has 4 atom stereocenters. The summed E-state index contributed by atoms with van der Waals surface area (Å²) in [5.41, 5.74) is 1.12. The van der Waals surface area contributed by atoms with E-state index in [0.717, 1.165) is 50.9 Å². The number of nitrogens with one attached hydrogen (secondary N) is 1. The number of hydrogen-bond acceptors (Lipinski definition) is 4. The van der Waals surface area contributed by atoms with Gasteiger partial charge in [-0.2, -0.15) is 5.26 Å². The Labute approximate surface area is 190 Å². The van der Waals surface area contributed by atoms with Gasteiger partial charge < -0.3 is 10.4 Å². The van der Waals surface area contributed by atoms with Gasteiger partial charge in [0, 0.05) is 31.6 Å². The minimum atomic E-state index is -1.45. The summed E-state index contributed by atoms with van der Waals surface area (Å²) in [5.74, 6) is 0.651. The van der Waals surface area contributed by atoms with Gasteiger partial charge in [0.15, 0.2) is 5.60 Å². The second-order valence-electron chi connectivity index (χ2n) is 9.80. The Hall–Kier alpha value is -2.68. The fraction of sp³-hybridized carbons (Fsp3) is 0.481. The highest BCUT2D eigenvalue weighted by molar-refractivity contribution is 5.87. The first kappa shape index (κ1) is 21.2. The molecule has 2 saturated carbocycles. The average molecular weight is 430 g/mol. The van der Waals surface area contributed by atoms with E-state index in [2.05, 4.69) is 22.4 Å². The number of benzene rings is 2. The van der Waals surface area contributed by atoms with Crippen LogP contribution < -0.4 is 5.32 Å². The number of nitriles is 1. The zero-order valence-corrected chi connectivity index (χ0v) is 18.4. The summed E-state index contributed by atoms with van der Waals surface area (Å²) in [4.78, 5) is 15.9. The van der Waals surface area contributed by atoms with E-state index >= 15 is 0 Å². The van der Waals surface area contributed by atoms with Crippen LogP contribution in [0.4, 0.5) is 0 Å². The van der Waals surface area contributed by atoms with E-state index in [9.17, 15) is 9.90 Å². The van der Waals surface area contributed by atoms with Crippen molar-refractivity contribution in [2.75, 3.05) is 13.1 Å². The average Bonchev–Trinajstić information content (AvgIpc) is 3.28. The van der Waals surface area contributed by atoms with Gasteiger partial charge in [0.25, 0.3) is 5.91 Å². The SMILES string of the molecule is N#Cc1cccc(CN2CC3C(NC(=O)C(O)(c4ccccc4)C4CCCCC4)[C@H]3C2)c1. The van der Waals surface area contributed by atoms with Gasteiger partial charge in [0.2, 0.25) is 0 Å². The van der Waals surface area contributed by atoms with E-state index in [-0.39, 0.29) is 17.9 Å². The number of nitrogens with zero attached hydrogens (tertiary/aromatic N) is 2. The van der Waals surface area contributed by atoms with Gasteiger partial charge in [-0.1, -0.05) is 61.7 Å². The molecule has 5 heteroatoms. The monoisotopic (exact) mass is 429 g/mol. The molecule has 3 unspecified atom stereocenters. The lowest BCUT2D eigenvalue weighted by molar-refractivity contribution is -0.149. The molecule has 0 aromatic heterocycles. The van der Waals surface area contributed by atoms with E-state index in [1.165, 1.54) is 6.42 Å². The quantitative estimate of drug-likeness (QED) is 0.736. The minimum absolute atomic E-state index is 0.0267. The highest BCUT2D eigenvalue weighted by Gasteiger charge is 2.58. The molecule has 5 rings (SSSR count). The Morgan fingerprint density at radius 2 is 1.78 bits per heavy atom. The predicted octanol–water partition coefficient (Wildman–Crippen LogP) is 3.57. The third kappa shape index (κ3) is 3.94. The van der Waals surface area contributed by atoms with E-state index in [1.807, 2.05) is 48.5 Å². The molecular formula is C27H31N3O2. The van der Waals surface area contributed by atoms with Crippen molar-refractivity contribution >= 4 is 5.91 Å². The van der Waals surface area contributed by atoms with Crippen LogP contribution in [-0.4, -0.2) is 35.0 Å². The minimum Gasteiger partial charge on any atom is -0.375 e. The lowest BCUT2D eigenvalue weighted by atomic mass is 9.73. The third-order valence-electron chi connectivity index (χ3n) is 7.79. The van der Waals surface area contributed by atoms with Crippen molar-refractivity contribution in [1.29, 1.82) is 5.26 Å². The lowest BCUT2D eigenvalue weighted by Gasteiger charge is -2.38. The molecule has 2 aromatic rings. The molecular weight excluding hydrogens is 398 g/mol. The largest absolute Gasteiger partial charge is 0.375 e. The number of fused-ring (bicyclic) bond motifs is 1. The van der Waals surface area contributed by atoms with Crippen molar-refractivity contribution in [2.24, 2.45) is 17.8 Å². The van der Waals surface area contributed by atoms with Crippen LogP contribution in [0.1, 0.15) is 48.8 Å². The molecule has 3 fully saturated rings. The number of amides is 1. The normalized spacial score (nSPS) is 27.2. The highest BCUT2D eigenvalue weighted by atomic mass is 16.3. The maximum Gasteiger partial charge on any atom is 0.257 e. The van der Waals surface area contributed by atoms with E-state index < -0.39 is 5.60 Å². The topological polar surface area (TPSA) is 76.4 Å². The van der Waals surface area contributed by atoms with Gasteiger partial charge >= 0.3 is 0 Å². The number of piperidine rings is 1. The van der Waals surface area contributed by atoms with Crippen molar-refractivity contribution in [1.82, 2.24) is 10.2 Å². The number of aliphatic hydroxyl groups is 1. The Kier molecular flexibility index (Phi) is 5.75. The lowest BCUT2D eigenvalue weighted by Crippen LogP contribution is -2.51. The molecule has 3 aliphatic rings. The first-order valence-corrected chi connectivity index (χ1v) is 11.9. The second kappa shape index (κ2) is 8.69. The van der Waals surface area contributed by atoms with E-state index in [0.29, 0.717) is 23.0 Å². The molecule has 1 heterocycles. The number of carbonyl (C=O) groups is 1. The van der Waals surface area contributed by atoms with Crippen LogP contribution in [0.25, 0.3) is 0 Å². The molecule has 2 N–H and O–H groups in total.